The third kappa shape index (κ3) is 11.1. The molecular formula is C11H20ClNO2. The molecule has 88 valence electrons. The smallest absolute Gasteiger partial charge is 0.309 e. The summed E-state index contributed by atoms with van der Waals surface area (Å²) in [4.78, 5) is 10.2. The van der Waals surface area contributed by atoms with E-state index in [4.69, 9.17) is 5.11 Å². The van der Waals surface area contributed by atoms with Gasteiger partial charge in [-0.3, -0.25) is 4.79 Å². The molecule has 0 aliphatic heterocycles. The van der Waals surface area contributed by atoms with E-state index in [1.54, 1.807) is 0 Å². The third-order valence-corrected chi connectivity index (χ3v) is 2.06. The molecule has 0 amide bonds. The molecule has 0 unspecified atom stereocenters. The van der Waals surface area contributed by atoms with Gasteiger partial charge in [-0.1, -0.05) is 12.2 Å². The van der Waals surface area contributed by atoms with E-state index in [0.29, 0.717) is 12.5 Å². The van der Waals surface area contributed by atoms with Gasteiger partial charge in [-0.05, 0) is 12.8 Å². The summed E-state index contributed by atoms with van der Waals surface area (Å²) in [6.45, 7) is 9.00. The van der Waals surface area contributed by atoms with Crippen LogP contribution in [-0.2, 0) is 4.79 Å². The molecule has 0 aliphatic rings. The number of aliphatic carboxylic acids is 1. The van der Waals surface area contributed by atoms with Crippen molar-refractivity contribution in [2.45, 2.75) is 19.3 Å². The average molecular weight is 234 g/mol. The van der Waals surface area contributed by atoms with Gasteiger partial charge in [0, 0.05) is 5.92 Å². The molecule has 0 aromatic heterocycles. The largest absolute Gasteiger partial charge is 1.00 e. The van der Waals surface area contributed by atoms with E-state index in [1.807, 2.05) is 17.5 Å². The first-order chi connectivity index (χ1) is 6.70. The van der Waals surface area contributed by atoms with Crippen molar-refractivity contribution in [3.8, 4) is 0 Å². The van der Waals surface area contributed by atoms with E-state index < -0.39 is 5.97 Å². The van der Waals surface area contributed by atoms with E-state index in [9.17, 15) is 4.79 Å². The van der Waals surface area contributed by atoms with Gasteiger partial charge in [-0.15, -0.1) is 13.2 Å². The van der Waals surface area contributed by atoms with Crippen LogP contribution in [0.4, 0.5) is 0 Å². The van der Waals surface area contributed by atoms with Crippen LogP contribution in [-0.4, -0.2) is 24.2 Å². The Labute approximate surface area is 97.7 Å². The van der Waals surface area contributed by atoms with Gasteiger partial charge in [0.1, 0.15) is 0 Å². The zero-order chi connectivity index (χ0) is 10.8. The Kier molecular flexibility index (Phi) is 12.5. The molecule has 3 nitrogen and oxygen atoms in total. The summed E-state index contributed by atoms with van der Waals surface area (Å²) >= 11 is 0. The Morgan fingerprint density at radius 1 is 1.33 bits per heavy atom. The van der Waals surface area contributed by atoms with Crippen LogP contribution in [0.2, 0.25) is 0 Å². The van der Waals surface area contributed by atoms with Gasteiger partial charge in [0.05, 0.1) is 19.5 Å². The molecule has 0 aromatic carbocycles. The van der Waals surface area contributed by atoms with E-state index in [0.717, 1.165) is 19.4 Å². The summed E-state index contributed by atoms with van der Waals surface area (Å²) in [7, 11) is 0. The first-order valence-electron chi connectivity index (χ1n) is 4.96. The molecule has 4 heteroatoms. The number of rotatable bonds is 9. The van der Waals surface area contributed by atoms with Gasteiger partial charge in [0.15, 0.2) is 0 Å². The zero-order valence-corrected chi connectivity index (χ0v) is 9.75. The van der Waals surface area contributed by atoms with E-state index in [1.165, 1.54) is 0 Å². The maximum Gasteiger partial charge on any atom is 0.309 e. The highest BCUT2D eigenvalue weighted by atomic mass is 35.5. The summed E-state index contributed by atoms with van der Waals surface area (Å²) in [5.41, 5.74) is 0. The van der Waals surface area contributed by atoms with Crippen LogP contribution < -0.4 is 17.7 Å². The number of carboxylic acids is 1. The second-order valence-electron chi connectivity index (χ2n) is 3.37. The number of nitrogens with two attached hydrogens (primary N) is 1. The van der Waals surface area contributed by atoms with Crippen LogP contribution in [0.3, 0.4) is 0 Å². The van der Waals surface area contributed by atoms with Crippen molar-refractivity contribution in [1.29, 1.82) is 0 Å². The number of quaternary nitrogens is 1. The van der Waals surface area contributed by atoms with Crippen LogP contribution >= 0.6 is 0 Å². The van der Waals surface area contributed by atoms with Crippen molar-refractivity contribution in [2.75, 3.05) is 13.1 Å². The minimum absolute atomic E-state index is 0. The Hall–Kier alpha value is -0.800. The molecule has 0 spiro atoms. The number of halogens is 1. The first kappa shape index (κ1) is 16.6. The number of carboxylic acid groups (broad SMARTS) is 1. The van der Waals surface area contributed by atoms with Crippen LogP contribution in [0.25, 0.3) is 0 Å². The lowest BCUT2D eigenvalue weighted by atomic mass is 10.0. The third-order valence-electron chi connectivity index (χ3n) is 2.06. The predicted molar refractivity (Wildman–Crippen MR) is 57.0 cm³/mol. The predicted octanol–water partition coefficient (Wildman–Crippen LogP) is -2.20. The number of hydrogen-bond donors (Lipinski definition) is 2. The fourth-order valence-electron chi connectivity index (χ4n) is 1.34. The molecule has 3 N–H and O–H groups in total. The Balaban J connectivity index is 0. The molecular weight excluding hydrogens is 214 g/mol. The van der Waals surface area contributed by atoms with Crippen molar-refractivity contribution in [2.24, 2.45) is 5.92 Å². The van der Waals surface area contributed by atoms with E-state index in [-0.39, 0.29) is 18.8 Å². The number of carbonyl (C=O) groups is 1. The molecule has 0 radical (unpaired) electrons. The minimum atomic E-state index is -0.731. The highest BCUT2D eigenvalue weighted by Crippen LogP contribution is 2.06. The average Bonchev–Trinajstić information content (AvgIpc) is 2.12. The van der Waals surface area contributed by atoms with Crippen LogP contribution in [0, 0.1) is 5.92 Å². The summed E-state index contributed by atoms with van der Waals surface area (Å²) in [5, 5.41) is 10.5. The first-order valence-corrected chi connectivity index (χ1v) is 4.96. The molecule has 0 atom stereocenters. The van der Waals surface area contributed by atoms with Crippen molar-refractivity contribution in [3.63, 3.8) is 0 Å². The highest BCUT2D eigenvalue weighted by molar-refractivity contribution is 5.66. The molecule has 0 fully saturated rings. The van der Waals surface area contributed by atoms with Gasteiger partial charge in [0.2, 0.25) is 0 Å². The van der Waals surface area contributed by atoms with Crippen molar-refractivity contribution in [1.82, 2.24) is 0 Å². The summed E-state index contributed by atoms with van der Waals surface area (Å²) in [6.07, 6.45) is 5.97. The normalized spacial score (nSPS) is 9.40. The topological polar surface area (TPSA) is 53.9 Å². The summed E-state index contributed by atoms with van der Waals surface area (Å²) < 4.78 is 0. The molecule has 0 aromatic rings. The second kappa shape index (κ2) is 11.3. The number of hydrogen-bond acceptors (Lipinski definition) is 1. The van der Waals surface area contributed by atoms with Crippen LogP contribution in [0.15, 0.2) is 25.3 Å². The minimum Gasteiger partial charge on any atom is -1.00 e. The molecule has 0 rings (SSSR count). The fraction of sp³-hybridized carbons (Fsp3) is 0.545. The van der Waals surface area contributed by atoms with Crippen molar-refractivity contribution >= 4 is 5.97 Å². The second-order valence-corrected chi connectivity index (χ2v) is 3.37. The summed E-state index contributed by atoms with van der Waals surface area (Å²) in [6, 6.07) is 0. The monoisotopic (exact) mass is 233 g/mol. The number of allylic oxidation sites excluding steroid dienone is 2. The quantitative estimate of drug-likeness (QED) is 0.351. The Bertz CT molecular complexity index is 185. The molecule has 0 saturated heterocycles. The van der Waals surface area contributed by atoms with Crippen LogP contribution in [0.5, 0.6) is 0 Å². The van der Waals surface area contributed by atoms with E-state index in [2.05, 4.69) is 13.2 Å². The summed E-state index contributed by atoms with van der Waals surface area (Å²) in [5.74, 6) is -0.191. The highest BCUT2D eigenvalue weighted by Gasteiger charge is 2.07. The maximum absolute atomic E-state index is 10.2. The lowest BCUT2D eigenvalue weighted by Gasteiger charge is -2.10. The van der Waals surface area contributed by atoms with Gasteiger partial charge < -0.3 is 22.8 Å². The van der Waals surface area contributed by atoms with Gasteiger partial charge >= 0.3 is 5.97 Å². The Morgan fingerprint density at radius 3 is 2.27 bits per heavy atom. The van der Waals surface area contributed by atoms with Crippen molar-refractivity contribution in [3.05, 3.63) is 25.3 Å². The van der Waals surface area contributed by atoms with E-state index >= 15 is 0 Å². The molecule has 0 saturated carbocycles. The standard InChI is InChI=1S/C11H19NO2.ClH/c1-3-5-10(6-4-2)9-12-8-7-11(13)14;/h3-4,10,12H,1-2,5-9H2,(H,13,14);1H. The fourth-order valence-corrected chi connectivity index (χ4v) is 1.34. The lowest BCUT2D eigenvalue weighted by molar-refractivity contribution is -0.659. The molecule has 0 bridgehead atoms. The van der Waals surface area contributed by atoms with Gasteiger partial charge in [-0.2, -0.15) is 0 Å². The molecule has 15 heavy (non-hydrogen) atoms. The molecule has 0 aliphatic carbocycles. The van der Waals surface area contributed by atoms with Crippen LogP contribution in [0.1, 0.15) is 19.3 Å². The maximum atomic E-state index is 10.2. The van der Waals surface area contributed by atoms with Gasteiger partial charge in [-0.25, -0.2) is 0 Å². The zero-order valence-electron chi connectivity index (χ0n) is 8.99. The molecule has 0 heterocycles. The van der Waals surface area contributed by atoms with Gasteiger partial charge in [0.25, 0.3) is 0 Å². The Morgan fingerprint density at radius 2 is 1.87 bits per heavy atom. The lowest BCUT2D eigenvalue weighted by Crippen LogP contribution is -3.00. The van der Waals surface area contributed by atoms with Crippen molar-refractivity contribution < 1.29 is 27.6 Å². The SMILES string of the molecule is C=CCC(CC=C)C[NH2+]CCC(=O)O.[Cl-].